The van der Waals surface area contributed by atoms with Crippen molar-refractivity contribution in [3.05, 3.63) is 31.9 Å². The molecule has 0 N–H and O–H groups in total. The van der Waals surface area contributed by atoms with Crippen LogP contribution < -0.4 is 10.5 Å². The number of hydrogen-bond acceptors (Lipinski definition) is 6. The second kappa shape index (κ2) is 12.7. The van der Waals surface area contributed by atoms with Crippen molar-refractivity contribution in [1.82, 2.24) is 9.47 Å². The molecule has 2 aliphatic heterocycles. The van der Waals surface area contributed by atoms with E-state index in [1.807, 2.05) is 19.9 Å². The molecule has 35 heavy (non-hydrogen) atoms. The van der Waals surface area contributed by atoms with Crippen LogP contribution in [0.2, 0.25) is 0 Å². The molecule has 2 aliphatic rings. The third kappa shape index (κ3) is 6.18. The highest BCUT2D eigenvalue weighted by molar-refractivity contribution is 8.26. The van der Waals surface area contributed by atoms with Gasteiger partial charge >= 0.3 is 0 Å². The molecule has 3 rings (SSSR count). The van der Waals surface area contributed by atoms with Crippen molar-refractivity contribution in [2.24, 2.45) is 5.92 Å². The minimum absolute atomic E-state index is 0.0704. The third-order valence-electron chi connectivity index (χ3n) is 7.13. The first kappa shape index (κ1) is 27.5. The lowest BCUT2D eigenvalue weighted by atomic mass is 9.97. The van der Waals surface area contributed by atoms with Gasteiger partial charge in [0.05, 0.1) is 4.91 Å². The first-order valence-electron chi connectivity index (χ1n) is 13.0. The molecule has 0 unspecified atom stereocenters. The van der Waals surface area contributed by atoms with Crippen LogP contribution in [-0.4, -0.2) is 39.3 Å². The highest BCUT2D eigenvalue weighted by atomic mass is 32.2. The lowest BCUT2D eigenvalue weighted by Gasteiger charge is -2.35. The summed E-state index contributed by atoms with van der Waals surface area (Å²) in [4.78, 5) is 31.0. The highest BCUT2D eigenvalue weighted by Gasteiger charge is 2.33. The molecule has 1 aromatic rings. The molecular weight excluding hydrogens is 476 g/mol. The lowest BCUT2D eigenvalue weighted by Crippen LogP contribution is -2.39. The zero-order valence-electron chi connectivity index (χ0n) is 21.6. The number of thiocarbonyl (C=S) groups is 1. The van der Waals surface area contributed by atoms with E-state index in [-0.39, 0.29) is 17.0 Å². The smallest absolute Gasteiger partial charge is 0.270 e. The van der Waals surface area contributed by atoms with Crippen LogP contribution in [0.3, 0.4) is 0 Å². The molecule has 0 saturated carbocycles. The molecule has 0 bridgehead atoms. The number of nitriles is 1. The van der Waals surface area contributed by atoms with Crippen LogP contribution in [0, 0.1) is 24.2 Å². The summed E-state index contributed by atoms with van der Waals surface area (Å²) in [6.07, 6.45) is 10.9. The SMILES string of the molecule is CCCCCCCCN1C(=O)/C(=C/c2c(C)c(C#N)c(=O)n(CC)c2N2CCC(C)CC2)SC1=S. The Morgan fingerprint density at radius 1 is 1.11 bits per heavy atom. The molecule has 1 aromatic heterocycles. The van der Waals surface area contributed by atoms with Crippen molar-refractivity contribution in [3.63, 3.8) is 0 Å². The fourth-order valence-corrected chi connectivity index (χ4v) is 6.16. The van der Waals surface area contributed by atoms with Crippen molar-refractivity contribution in [2.45, 2.75) is 85.6 Å². The lowest BCUT2D eigenvalue weighted by molar-refractivity contribution is -0.122. The van der Waals surface area contributed by atoms with Crippen LogP contribution in [0.4, 0.5) is 5.82 Å². The summed E-state index contributed by atoms with van der Waals surface area (Å²) in [6.45, 7) is 11.0. The van der Waals surface area contributed by atoms with Gasteiger partial charge < -0.3 is 4.90 Å². The summed E-state index contributed by atoms with van der Waals surface area (Å²) < 4.78 is 2.29. The molecule has 2 saturated heterocycles. The molecule has 0 radical (unpaired) electrons. The number of carbonyl (C=O) groups is 1. The number of amides is 1. The number of hydrogen-bond donors (Lipinski definition) is 0. The van der Waals surface area contributed by atoms with E-state index in [2.05, 4.69) is 24.8 Å². The van der Waals surface area contributed by atoms with E-state index >= 15 is 0 Å². The number of thioether (sulfide) groups is 1. The predicted molar refractivity (Wildman–Crippen MR) is 150 cm³/mol. The summed E-state index contributed by atoms with van der Waals surface area (Å²) in [5.74, 6) is 1.40. The molecule has 0 aromatic carbocycles. The van der Waals surface area contributed by atoms with Crippen molar-refractivity contribution in [2.75, 3.05) is 24.5 Å². The van der Waals surface area contributed by atoms with Gasteiger partial charge in [0.15, 0.2) is 0 Å². The highest BCUT2D eigenvalue weighted by Crippen LogP contribution is 2.36. The number of unbranched alkanes of at least 4 members (excludes halogenated alkanes) is 5. The Labute approximate surface area is 219 Å². The number of rotatable bonds is 10. The molecule has 0 aliphatic carbocycles. The zero-order valence-corrected chi connectivity index (χ0v) is 23.2. The molecule has 3 heterocycles. The number of anilines is 1. The molecule has 8 heteroatoms. The summed E-state index contributed by atoms with van der Waals surface area (Å²) in [6, 6.07) is 2.11. The van der Waals surface area contributed by atoms with Gasteiger partial charge in [0.2, 0.25) is 0 Å². The Balaban J connectivity index is 1.94. The van der Waals surface area contributed by atoms with Gasteiger partial charge in [0.25, 0.3) is 11.5 Å². The van der Waals surface area contributed by atoms with Crippen LogP contribution in [0.25, 0.3) is 6.08 Å². The first-order valence-corrected chi connectivity index (χ1v) is 14.2. The topological polar surface area (TPSA) is 69.3 Å². The molecule has 1 amide bonds. The molecule has 6 nitrogen and oxygen atoms in total. The number of nitrogens with zero attached hydrogens (tertiary/aromatic N) is 4. The van der Waals surface area contributed by atoms with Gasteiger partial charge in [-0.05, 0) is 50.7 Å². The molecule has 0 atom stereocenters. The fraction of sp³-hybridized carbons (Fsp3) is 0.630. The van der Waals surface area contributed by atoms with Gasteiger partial charge in [-0.1, -0.05) is 69.9 Å². The van der Waals surface area contributed by atoms with Gasteiger partial charge in [-0.25, -0.2) is 0 Å². The van der Waals surface area contributed by atoms with E-state index in [1.165, 1.54) is 37.4 Å². The molecule has 190 valence electrons. The monoisotopic (exact) mass is 514 g/mol. The van der Waals surface area contributed by atoms with Crippen molar-refractivity contribution >= 4 is 46.1 Å². The van der Waals surface area contributed by atoms with Gasteiger partial charge in [0.1, 0.15) is 21.8 Å². The largest absolute Gasteiger partial charge is 0.357 e. The molecule has 2 fully saturated rings. The zero-order chi connectivity index (χ0) is 25.5. The Bertz CT molecular complexity index is 1080. The van der Waals surface area contributed by atoms with E-state index in [4.69, 9.17) is 12.2 Å². The Hall–Kier alpha value is -2.11. The second-order valence-electron chi connectivity index (χ2n) is 9.67. The van der Waals surface area contributed by atoms with Crippen molar-refractivity contribution in [3.8, 4) is 6.07 Å². The number of aromatic nitrogens is 1. The van der Waals surface area contributed by atoms with Crippen LogP contribution in [-0.2, 0) is 11.3 Å². The van der Waals surface area contributed by atoms with Crippen molar-refractivity contribution in [1.29, 1.82) is 5.26 Å². The van der Waals surface area contributed by atoms with E-state index < -0.39 is 0 Å². The first-order chi connectivity index (χ1) is 16.8. The number of carbonyl (C=O) groups excluding carboxylic acids is 1. The van der Waals surface area contributed by atoms with Crippen LogP contribution in [0.1, 0.15) is 88.8 Å². The van der Waals surface area contributed by atoms with E-state index in [0.717, 1.165) is 50.2 Å². The van der Waals surface area contributed by atoms with E-state index in [0.29, 0.717) is 33.8 Å². The van der Waals surface area contributed by atoms with Gasteiger partial charge in [-0.15, -0.1) is 0 Å². The Morgan fingerprint density at radius 3 is 2.40 bits per heavy atom. The summed E-state index contributed by atoms with van der Waals surface area (Å²) >= 11 is 6.89. The second-order valence-corrected chi connectivity index (χ2v) is 11.3. The standard InChI is InChI=1S/C27H38N4O2S2/c1-5-7-8-9-10-11-14-31-26(33)23(35-27(31)34)17-21-20(4)22(18-28)25(32)30(6-2)24(21)29-15-12-19(3)13-16-29/h17,19H,5-16H2,1-4H3/b23-17-. The molecular formula is C27H38N4O2S2. The van der Waals surface area contributed by atoms with Gasteiger partial charge in [-0.3, -0.25) is 19.1 Å². The van der Waals surface area contributed by atoms with E-state index in [9.17, 15) is 14.9 Å². The minimum Gasteiger partial charge on any atom is -0.357 e. The summed E-state index contributed by atoms with van der Waals surface area (Å²) in [7, 11) is 0. The van der Waals surface area contributed by atoms with Crippen LogP contribution in [0.5, 0.6) is 0 Å². The molecule has 0 spiro atoms. The number of piperidine rings is 1. The van der Waals surface area contributed by atoms with Crippen LogP contribution in [0.15, 0.2) is 9.70 Å². The normalized spacial score (nSPS) is 18.1. The Morgan fingerprint density at radius 2 is 1.77 bits per heavy atom. The Kier molecular flexibility index (Phi) is 9.99. The third-order valence-corrected chi connectivity index (χ3v) is 8.51. The average molecular weight is 515 g/mol. The maximum absolute atomic E-state index is 13.3. The maximum atomic E-state index is 13.3. The van der Waals surface area contributed by atoms with Crippen molar-refractivity contribution < 1.29 is 4.79 Å². The van der Waals surface area contributed by atoms with Crippen LogP contribution >= 0.6 is 24.0 Å². The van der Waals surface area contributed by atoms with Gasteiger partial charge in [-0.2, -0.15) is 5.26 Å². The maximum Gasteiger partial charge on any atom is 0.270 e. The average Bonchev–Trinajstić information content (AvgIpc) is 3.11. The number of pyridine rings is 1. The van der Waals surface area contributed by atoms with E-state index in [1.54, 1.807) is 9.47 Å². The summed E-state index contributed by atoms with van der Waals surface area (Å²) in [5, 5.41) is 9.75. The minimum atomic E-state index is -0.256. The van der Waals surface area contributed by atoms with Gasteiger partial charge in [0, 0.05) is 31.7 Å². The summed E-state index contributed by atoms with van der Waals surface area (Å²) in [5.41, 5.74) is 1.32. The quantitative estimate of drug-likeness (QED) is 0.222. The fourth-order valence-electron chi connectivity index (χ4n) is 4.87. The predicted octanol–water partition coefficient (Wildman–Crippen LogP) is 5.85.